The van der Waals surface area contributed by atoms with Crippen LogP contribution in [0.15, 0.2) is 33.7 Å². The second-order valence-corrected chi connectivity index (χ2v) is 10.3. The highest BCUT2D eigenvalue weighted by atomic mass is 79.9. The molecule has 3 nitrogen and oxygen atoms in total. The molecular weight excluding hydrogens is 385 g/mol. The monoisotopic (exact) mass is 402 g/mol. The molecule has 1 heterocycles. The van der Waals surface area contributed by atoms with Crippen LogP contribution in [0.1, 0.15) is 27.2 Å². The lowest BCUT2D eigenvalue weighted by Gasteiger charge is -2.28. The number of alkyl halides is 2. The van der Waals surface area contributed by atoms with E-state index in [2.05, 4.69) is 20.5 Å². The zero-order chi connectivity index (χ0) is 16.3. The first-order valence-electron chi connectivity index (χ1n) is 6.22. The second kappa shape index (κ2) is 7.01. The summed E-state index contributed by atoms with van der Waals surface area (Å²) in [6, 6.07) is 0. The molecule has 0 saturated heterocycles. The molecular formula is C13H18BrF2O3PS. The normalized spacial score (nSPS) is 30.8. The fourth-order valence-electron chi connectivity index (χ4n) is 1.70. The molecule has 0 aromatic rings. The van der Waals surface area contributed by atoms with Gasteiger partial charge in [0, 0.05) is 19.8 Å². The van der Waals surface area contributed by atoms with Gasteiger partial charge in [0.15, 0.2) is 0 Å². The quantitative estimate of drug-likeness (QED) is 0.700. The molecule has 120 valence electrons. The van der Waals surface area contributed by atoms with Crippen LogP contribution in [0.3, 0.4) is 0 Å². The lowest BCUT2D eigenvalue weighted by Crippen LogP contribution is -2.30. The van der Waals surface area contributed by atoms with Crippen LogP contribution >= 0.6 is 23.5 Å². The van der Waals surface area contributed by atoms with E-state index in [4.69, 9.17) is 0 Å². The molecule has 1 N–H and O–H groups in total. The van der Waals surface area contributed by atoms with E-state index in [1.54, 1.807) is 20.8 Å². The van der Waals surface area contributed by atoms with Gasteiger partial charge in [0.1, 0.15) is 7.58 Å². The maximum atomic E-state index is 13.9. The number of hydrogen-bond acceptors (Lipinski definition) is 3. The summed E-state index contributed by atoms with van der Waals surface area (Å²) in [6.45, 7) is 4.75. The summed E-state index contributed by atoms with van der Waals surface area (Å²) in [6.07, 6.45) is 0.749. The Balaban J connectivity index is 3.30. The maximum absolute atomic E-state index is 13.9. The van der Waals surface area contributed by atoms with E-state index < -0.39 is 26.4 Å². The van der Waals surface area contributed by atoms with Crippen molar-refractivity contribution in [2.75, 3.05) is 5.75 Å². The first-order valence-corrected chi connectivity index (χ1v) is 10.3. The molecule has 0 amide bonds. The van der Waals surface area contributed by atoms with Gasteiger partial charge in [-0.1, -0.05) is 28.1 Å². The largest absolute Gasteiger partial charge is 0.392 e. The summed E-state index contributed by atoms with van der Waals surface area (Å²) in [5, 5.41) is 9.76. The standard InChI is InChI=1S/C13H18BrF2O3PS/c1-4-11-10(6-5-8-14)13(15,16)19-20-21(11,18)9-7-12(2,3)17/h4-6,8,17H,7,9H2,1-3H3/b8-5+,10-6+,11-4?. The van der Waals surface area contributed by atoms with E-state index in [9.17, 15) is 18.1 Å². The molecule has 0 aromatic heterocycles. The topological polar surface area (TPSA) is 46.5 Å². The van der Waals surface area contributed by atoms with Crippen molar-refractivity contribution in [1.82, 2.24) is 0 Å². The second-order valence-electron chi connectivity index (χ2n) is 5.14. The molecule has 0 spiro atoms. The fraction of sp³-hybridized carbons (Fsp3) is 0.538. The molecule has 0 aliphatic carbocycles. The SMILES string of the molecule is CC=C1/C(=C\C=C\Br)C(F)(F)OP=S1(=O)CCC(C)(C)O. The Hall–Kier alpha value is -0.0700. The zero-order valence-electron chi connectivity index (χ0n) is 12.0. The third kappa shape index (κ3) is 4.96. The third-order valence-electron chi connectivity index (χ3n) is 2.78. The Kier molecular flexibility index (Phi) is 6.33. The number of allylic oxidation sites excluding steroid dienone is 3. The van der Waals surface area contributed by atoms with Crippen molar-refractivity contribution >= 4 is 32.6 Å². The fourth-order valence-corrected chi connectivity index (χ4v) is 6.20. The molecule has 0 saturated carbocycles. The Labute approximate surface area is 133 Å². The maximum Gasteiger partial charge on any atom is 0.392 e. The van der Waals surface area contributed by atoms with Gasteiger partial charge >= 0.3 is 6.11 Å². The van der Waals surface area contributed by atoms with Crippen LogP contribution in [0, 0.1) is 0 Å². The number of rotatable bonds is 4. The van der Waals surface area contributed by atoms with Crippen LogP contribution in [0.5, 0.6) is 0 Å². The molecule has 1 rings (SSSR count). The van der Waals surface area contributed by atoms with E-state index in [0.717, 1.165) is 0 Å². The minimum Gasteiger partial charge on any atom is -0.390 e. The molecule has 8 heteroatoms. The highest BCUT2D eigenvalue weighted by molar-refractivity contribution is 9.11. The summed E-state index contributed by atoms with van der Waals surface area (Å²) < 4.78 is 45.2. The smallest absolute Gasteiger partial charge is 0.390 e. The number of hydrogen-bond donors (Lipinski definition) is 1. The van der Waals surface area contributed by atoms with E-state index in [1.165, 1.54) is 23.2 Å². The van der Waals surface area contributed by atoms with Crippen LogP contribution in [0.2, 0.25) is 0 Å². The third-order valence-corrected chi connectivity index (χ3v) is 7.62. The summed E-state index contributed by atoms with van der Waals surface area (Å²) in [7, 11) is -3.07. The van der Waals surface area contributed by atoms with Gasteiger partial charge in [-0.2, -0.15) is 8.78 Å². The van der Waals surface area contributed by atoms with Crippen molar-refractivity contribution in [3.8, 4) is 0 Å². The van der Waals surface area contributed by atoms with Gasteiger partial charge in [-0.15, -0.1) is 0 Å². The van der Waals surface area contributed by atoms with Gasteiger partial charge < -0.3 is 5.11 Å². The van der Waals surface area contributed by atoms with Gasteiger partial charge in [0.05, 0.1) is 11.2 Å². The van der Waals surface area contributed by atoms with E-state index in [0.29, 0.717) is 0 Å². The van der Waals surface area contributed by atoms with E-state index in [1.807, 2.05) is 0 Å². The molecule has 1 unspecified atom stereocenters. The van der Waals surface area contributed by atoms with Crippen LogP contribution in [0.4, 0.5) is 8.78 Å². The summed E-state index contributed by atoms with van der Waals surface area (Å²) in [4.78, 5) is 1.52. The number of aliphatic hydroxyl groups is 1. The van der Waals surface area contributed by atoms with Crippen LogP contribution < -0.4 is 0 Å². The molecule has 0 bridgehead atoms. The van der Waals surface area contributed by atoms with Crippen LogP contribution in [0.25, 0.3) is 0 Å². The highest BCUT2D eigenvalue weighted by Gasteiger charge is 2.44. The average Bonchev–Trinajstić information content (AvgIpc) is 2.37. The molecule has 0 radical (unpaired) electrons. The first-order chi connectivity index (χ1) is 9.56. The van der Waals surface area contributed by atoms with Gasteiger partial charge in [-0.25, -0.2) is 4.52 Å². The van der Waals surface area contributed by atoms with Crippen molar-refractivity contribution in [2.24, 2.45) is 0 Å². The van der Waals surface area contributed by atoms with Crippen molar-refractivity contribution in [2.45, 2.75) is 38.9 Å². The lowest BCUT2D eigenvalue weighted by atomic mass is 10.1. The van der Waals surface area contributed by atoms with Gasteiger partial charge in [-0.3, -0.25) is 4.21 Å². The average molecular weight is 403 g/mol. The Bertz CT molecular complexity index is 597. The molecule has 21 heavy (non-hydrogen) atoms. The Morgan fingerprint density at radius 2 is 2.14 bits per heavy atom. The van der Waals surface area contributed by atoms with Crippen molar-refractivity contribution in [3.05, 3.63) is 33.7 Å². The molecule has 1 aliphatic heterocycles. The minimum absolute atomic E-state index is 0.0865. The van der Waals surface area contributed by atoms with E-state index >= 15 is 0 Å². The highest BCUT2D eigenvalue weighted by Crippen LogP contribution is 2.45. The minimum atomic E-state index is -3.48. The van der Waals surface area contributed by atoms with Crippen LogP contribution in [-0.4, -0.2) is 26.8 Å². The predicted octanol–water partition coefficient (Wildman–Crippen LogP) is 4.57. The van der Waals surface area contributed by atoms with Gasteiger partial charge in [0.2, 0.25) is 0 Å². The van der Waals surface area contributed by atoms with Gasteiger partial charge in [0.25, 0.3) is 0 Å². The van der Waals surface area contributed by atoms with Crippen molar-refractivity contribution in [1.29, 1.82) is 0 Å². The van der Waals surface area contributed by atoms with E-state index in [-0.39, 0.29) is 24.7 Å². The predicted molar refractivity (Wildman–Crippen MR) is 86.8 cm³/mol. The van der Waals surface area contributed by atoms with Gasteiger partial charge in [-0.05, 0) is 38.3 Å². The summed E-state index contributed by atoms with van der Waals surface area (Å²) in [5.74, 6) is 0.0865. The Morgan fingerprint density at radius 1 is 1.52 bits per heavy atom. The summed E-state index contributed by atoms with van der Waals surface area (Å²) in [5.41, 5.74) is -1.42. The molecule has 1 atom stereocenters. The van der Waals surface area contributed by atoms with Crippen LogP contribution in [-0.2, 0) is 13.6 Å². The zero-order valence-corrected chi connectivity index (χ0v) is 15.3. The number of halogens is 3. The van der Waals surface area contributed by atoms with Crippen molar-refractivity contribution in [3.63, 3.8) is 0 Å². The molecule has 0 fully saturated rings. The lowest BCUT2D eigenvalue weighted by molar-refractivity contribution is -0.129. The first kappa shape index (κ1) is 19.0. The van der Waals surface area contributed by atoms with Crippen molar-refractivity contribution < 1.29 is 22.6 Å². The molecule has 1 aliphatic rings. The Morgan fingerprint density at radius 3 is 2.62 bits per heavy atom. The molecule has 0 aromatic carbocycles. The summed E-state index contributed by atoms with van der Waals surface area (Å²) >= 11 is 3.00.